The minimum Gasteiger partial charge on any atom is -0.463 e. The lowest BCUT2D eigenvalue weighted by molar-refractivity contribution is -0.239. The van der Waals surface area contributed by atoms with Crippen molar-refractivity contribution in [3.05, 3.63) is 46.7 Å². The Hall–Kier alpha value is -3.55. The van der Waals surface area contributed by atoms with Gasteiger partial charge in [0, 0.05) is 39.8 Å². The van der Waals surface area contributed by atoms with Crippen LogP contribution >= 0.6 is 23.8 Å². The monoisotopic (exact) mass is 580 g/mol. The van der Waals surface area contributed by atoms with Crippen LogP contribution in [-0.2, 0) is 44.7 Å². The summed E-state index contributed by atoms with van der Waals surface area (Å²) in [4.78, 5) is 48.1. The molecule has 0 radical (unpaired) electrons. The molecule has 1 fully saturated rings. The minimum atomic E-state index is -1.26. The van der Waals surface area contributed by atoms with Crippen molar-refractivity contribution < 1.29 is 38.1 Å². The molecule has 39 heavy (non-hydrogen) atoms. The van der Waals surface area contributed by atoms with Gasteiger partial charge in [-0.3, -0.25) is 23.7 Å². The first-order chi connectivity index (χ1) is 18.4. The fourth-order valence-electron chi connectivity index (χ4n) is 4.23. The van der Waals surface area contributed by atoms with E-state index in [2.05, 4.69) is 17.0 Å². The van der Waals surface area contributed by atoms with Crippen LogP contribution in [0.4, 0.5) is 0 Å². The van der Waals surface area contributed by atoms with Crippen LogP contribution in [0.3, 0.4) is 0 Å². The van der Waals surface area contributed by atoms with Gasteiger partial charge in [0.15, 0.2) is 24.3 Å². The predicted molar refractivity (Wildman–Crippen MR) is 141 cm³/mol. The highest BCUT2D eigenvalue weighted by molar-refractivity contribution is 7.71. The highest BCUT2D eigenvalue weighted by Crippen LogP contribution is 2.34. The molecule has 12 nitrogen and oxygen atoms in total. The molecule has 1 aromatic carbocycles. The molecule has 1 amide bonds. The van der Waals surface area contributed by atoms with Crippen molar-refractivity contribution in [1.29, 1.82) is 0 Å². The first-order valence-electron chi connectivity index (χ1n) is 11.9. The van der Waals surface area contributed by atoms with Gasteiger partial charge in [-0.05, 0) is 24.4 Å². The summed E-state index contributed by atoms with van der Waals surface area (Å²) in [6.45, 7) is 8.49. The number of nitrogens with one attached hydrogen (secondary N) is 1. The number of halogens is 1. The molecule has 0 saturated carbocycles. The van der Waals surface area contributed by atoms with Gasteiger partial charge in [-0.25, -0.2) is 4.68 Å². The van der Waals surface area contributed by atoms with Crippen LogP contribution in [0.25, 0.3) is 11.4 Å². The van der Waals surface area contributed by atoms with E-state index in [-0.39, 0.29) is 17.9 Å². The second-order valence-corrected chi connectivity index (χ2v) is 9.44. The average molecular weight is 581 g/mol. The third-order valence-corrected chi connectivity index (χ3v) is 6.38. The van der Waals surface area contributed by atoms with Gasteiger partial charge in [0.1, 0.15) is 18.8 Å². The van der Waals surface area contributed by atoms with Crippen molar-refractivity contribution in [3.63, 3.8) is 0 Å². The van der Waals surface area contributed by atoms with E-state index < -0.39 is 54.4 Å². The summed E-state index contributed by atoms with van der Waals surface area (Å²) in [6.07, 6.45) is -3.19. The summed E-state index contributed by atoms with van der Waals surface area (Å²) < 4.78 is 25.6. The number of allylic oxidation sites excluding steroid dienone is 1. The zero-order valence-electron chi connectivity index (χ0n) is 21.8. The van der Waals surface area contributed by atoms with Crippen LogP contribution in [-0.4, -0.2) is 69.1 Å². The van der Waals surface area contributed by atoms with Crippen LogP contribution in [0.2, 0.25) is 5.02 Å². The molecule has 2 aromatic rings. The van der Waals surface area contributed by atoms with Gasteiger partial charge in [0.25, 0.3) is 0 Å². The Bertz CT molecular complexity index is 1330. The smallest absolute Gasteiger partial charge is 0.303 e. The number of amides is 1. The van der Waals surface area contributed by atoms with Crippen LogP contribution in [0.5, 0.6) is 0 Å². The number of aromatic nitrogens is 3. The van der Waals surface area contributed by atoms with Gasteiger partial charge >= 0.3 is 17.9 Å². The van der Waals surface area contributed by atoms with Crippen molar-refractivity contribution >= 4 is 47.6 Å². The zero-order chi connectivity index (χ0) is 28.9. The molecule has 1 aliphatic rings. The normalized spacial score (nSPS) is 22.4. The van der Waals surface area contributed by atoms with E-state index in [0.717, 1.165) is 6.92 Å². The molecule has 0 bridgehead atoms. The Morgan fingerprint density at radius 3 is 2.31 bits per heavy atom. The Balaban J connectivity index is 2.23. The molecule has 0 aliphatic carbocycles. The second kappa shape index (κ2) is 13.0. The Morgan fingerprint density at radius 1 is 1.10 bits per heavy atom. The number of hydrogen-bond acceptors (Lipinski definition) is 10. The highest BCUT2D eigenvalue weighted by Gasteiger charge is 2.52. The number of nitrogens with zero attached hydrogens (tertiary/aromatic N) is 3. The van der Waals surface area contributed by atoms with E-state index in [9.17, 15) is 19.2 Å². The molecule has 1 aliphatic heterocycles. The summed E-state index contributed by atoms with van der Waals surface area (Å²) in [5.41, 5.74) is 0.573. The van der Waals surface area contributed by atoms with Crippen molar-refractivity contribution in [2.75, 3.05) is 6.61 Å². The molecule has 14 heteroatoms. The molecule has 210 valence electrons. The van der Waals surface area contributed by atoms with Gasteiger partial charge in [-0.1, -0.05) is 29.8 Å². The summed E-state index contributed by atoms with van der Waals surface area (Å²) in [5.74, 6) is -2.14. The summed E-state index contributed by atoms with van der Waals surface area (Å²) in [5, 5.41) is 7.81. The van der Waals surface area contributed by atoms with E-state index in [1.54, 1.807) is 34.9 Å². The lowest BCUT2D eigenvalue weighted by Gasteiger charge is -2.45. The second-order valence-electron chi connectivity index (χ2n) is 8.67. The van der Waals surface area contributed by atoms with Crippen LogP contribution < -0.4 is 5.32 Å². The maximum atomic E-state index is 12.3. The van der Waals surface area contributed by atoms with E-state index in [1.807, 2.05) is 0 Å². The van der Waals surface area contributed by atoms with Crippen molar-refractivity contribution in [1.82, 2.24) is 19.7 Å². The number of carbonyl (C=O) groups excluding carboxylic acids is 4. The number of esters is 3. The van der Waals surface area contributed by atoms with Gasteiger partial charge < -0.3 is 24.3 Å². The van der Waals surface area contributed by atoms with Crippen molar-refractivity contribution in [2.24, 2.45) is 0 Å². The Labute approximate surface area is 234 Å². The maximum absolute atomic E-state index is 12.3. The van der Waals surface area contributed by atoms with E-state index >= 15 is 0 Å². The zero-order valence-corrected chi connectivity index (χ0v) is 23.4. The average Bonchev–Trinajstić information content (AvgIpc) is 3.16. The van der Waals surface area contributed by atoms with Crippen LogP contribution in [0.15, 0.2) is 36.9 Å². The van der Waals surface area contributed by atoms with Crippen molar-refractivity contribution in [2.45, 2.75) is 64.8 Å². The number of benzene rings is 1. The summed E-state index contributed by atoms with van der Waals surface area (Å²) >= 11 is 12.2. The number of hydrogen-bond donors (Lipinski definition) is 1. The summed E-state index contributed by atoms with van der Waals surface area (Å²) in [7, 11) is 0. The van der Waals surface area contributed by atoms with Crippen LogP contribution in [0, 0.1) is 4.77 Å². The standard InChI is InChI=1S/C25H29ClN4O8S/c1-6-11-29-23(17-9-7-8-10-18(17)26)28-30(25(29)39)24-20(27-13(2)31)22(37-16(5)34)21(36-15(4)33)19(38-24)12-35-14(3)32/h6-10,19-22,24H,1,11-12H2,2-5H3,(H,27,31)/t19-,20-,21-,22-,24-/m1/s1. The SMILES string of the molecule is C=CCn1c(-c2ccccc2Cl)nn([C@@H]2O[C@H](COC(C)=O)[C@@H](OC(C)=O)[C@H](OC(C)=O)[C@H]2NC(C)=O)c1=S. The predicted octanol–water partition coefficient (Wildman–Crippen LogP) is 2.75. The summed E-state index contributed by atoms with van der Waals surface area (Å²) in [6, 6.07) is 5.89. The van der Waals surface area contributed by atoms with E-state index in [4.69, 9.17) is 42.8 Å². The molecule has 5 atom stereocenters. The largest absolute Gasteiger partial charge is 0.463 e. The van der Waals surface area contributed by atoms with Gasteiger partial charge in [-0.15, -0.1) is 11.7 Å². The lowest BCUT2D eigenvalue weighted by atomic mass is 9.95. The molecule has 2 heterocycles. The Kier molecular flexibility index (Phi) is 10.0. The maximum Gasteiger partial charge on any atom is 0.303 e. The van der Waals surface area contributed by atoms with Gasteiger partial charge in [0.05, 0.1) is 5.02 Å². The third-order valence-electron chi connectivity index (χ3n) is 5.64. The molecular weight excluding hydrogens is 552 g/mol. The highest BCUT2D eigenvalue weighted by atomic mass is 35.5. The Morgan fingerprint density at radius 2 is 1.74 bits per heavy atom. The molecule has 1 aromatic heterocycles. The van der Waals surface area contributed by atoms with Gasteiger partial charge in [-0.2, -0.15) is 0 Å². The third kappa shape index (κ3) is 7.11. The molecule has 1 saturated heterocycles. The first kappa shape index (κ1) is 30.0. The fraction of sp³-hybridized carbons (Fsp3) is 0.440. The lowest BCUT2D eigenvalue weighted by Crippen LogP contribution is -2.64. The molecule has 1 N–H and O–H groups in total. The molecule has 0 spiro atoms. The number of carbonyl (C=O) groups is 4. The van der Waals surface area contributed by atoms with Crippen molar-refractivity contribution in [3.8, 4) is 11.4 Å². The number of ether oxygens (including phenoxy) is 4. The quantitative estimate of drug-likeness (QED) is 0.204. The molecular formula is C25H29ClN4O8S. The van der Waals surface area contributed by atoms with Gasteiger partial charge in [0.2, 0.25) is 10.7 Å². The van der Waals surface area contributed by atoms with E-state index in [0.29, 0.717) is 16.4 Å². The topological polar surface area (TPSA) is 140 Å². The minimum absolute atomic E-state index is 0.170. The van der Waals surface area contributed by atoms with E-state index in [1.165, 1.54) is 25.5 Å². The molecule has 0 unspecified atom stereocenters. The number of rotatable bonds is 9. The fourth-order valence-corrected chi connectivity index (χ4v) is 4.76. The van der Waals surface area contributed by atoms with Crippen LogP contribution in [0.1, 0.15) is 33.9 Å². The first-order valence-corrected chi connectivity index (χ1v) is 12.7. The molecule has 3 rings (SSSR count).